The third-order valence-electron chi connectivity index (χ3n) is 1.58. The molecule has 0 saturated carbocycles. The summed E-state index contributed by atoms with van der Waals surface area (Å²) in [6.45, 7) is 0. The predicted octanol–water partition coefficient (Wildman–Crippen LogP) is 0.567. The lowest BCUT2D eigenvalue weighted by atomic mass is 10.3. The van der Waals surface area contributed by atoms with Crippen molar-refractivity contribution in [3.8, 4) is 0 Å². The number of aromatic nitrogens is 2. The lowest BCUT2D eigenvalue weighted by Gasteiger charge is -1.91. The second kappa shape index (κ2) is 1.88. The third-order valence-corrected chi connectivity index (χ3v) is 1.58. The molecule has 0 bridgehead atoms. The van der Waals surface area contributed by atoms with Crippen LogP contribution in [-0.4, -0.2) is 14.9 Å². The van der Waals surface area contributed by atoms with E-state index in [0.29, 0.717) is 5.52 Å². The first-order chi connectivity index (χ1) is 5.27. The van der Waals surface area contributed by atoms with E-state index in [1.165, 1.54) is 12.3 Å². The number of hydrogen-bond donors (Lipinski definition) is 2. The molecule has 4 nitrogen and oxygen atoms in total. The second-order valence-corrected chi connectivity index (χ2v) is 2.30. The summed E-state index contributed by atoms with van der Waals surface area (Å²) in [7, 11) is 0. The van der Waals surface area contributed by atoms with E-state index in [0.717, 1.165) is 10.1 Å². The highest BCUT2D eigenvalue weighted by molar-refractivity contribution is 5.78. The zero-order valence-electron chi connectivity index (χ0n) is 5.61. The van der Waals surface area contributed by atoms with E-state index in [9.17, 15) is 4.79 Å². The maximum absolute atomic E-state index is 10.8. The molecule has 0 aliphatic carbocycles. The van der Waals surface area contributed by atoms with Crippen LogP contribution in [0.5, 0.6) is 0 Å². The largest absolute Gasteiger partial charge is 0.428 e. The van der Waals surface area contributed by atoms with Gasteiger partial charge < -0.3 is 10.2 Å². The molecule has 2 heterocycles. The maximum atomic E-state index is 10.8. The van der Waals surface area contributed by atoms with Crippen LogP contribution in [0.15, 0.2) is 29.3 Å². The lowest BCUT2D eigenvalue weighted by molar-refractivity contribution is 0.200. The van der Waals surface area contributed by atoms with Crippen LogP contribution in [0.3, 0.4) is 0 Å². The summed E-state index contributed by atoms with van der Waals surface area (Å²) in [5.74, 6) is 0. The van der Waals surface area contributed by atoms with Crippen molar-refractivity contribution >= 4 is 10.9 Å². The molecular formula is C7H6N2O2. The first-order valence-electron chi connectivity index (χ1n) is 3.16. The van der Waals surface area contributed by atoms with E-state index in [1.54, 1.807) is 12.3 Å². The Hall–Kier alpha value is -1.71. The van der Waals surface area contributed by atoms with E-state index in [2.05, 4.69) is 4.98 Å². The third kappa shape index (κ3) is 0.797. The van der Waals surface area contributed by atoms with Crippen LogP contribution in [-0.2, 0) is 0 Å². The van der Waals surface area contributed by atoms with Gasteiger partial charge in [0.15, 0.2) is 0 Å². The SMILES string of the molecule is O=c1cc2c(ccn2O)c[nH]1. The van der Waals surface area contributed by atoms with Crippen molar-refractivity contribution in [1.82, 2.24) is 9.71 Å². The summed E-state index contributed by atoms with van der Waals surface area (Å²) < 4.78 is 0.921. The fraction of sp³-hybridized carbons (Fsp3) is 0. The van der Waals surface area contributed by atoms with Gasteiger partial charge in [-0.3, -0.25) is 4.79 Å². The average molecular weight is 150 g/mol. The number of fused-ring (bicyclic) bond motifs is 1. The summed E-state index contributed by atoms with van der Waals surface area (Å²) in [6, 6.07) is 3.06. The fourth-order valence-corrected chi connectivity index (χ4v) is 1.04. The molecule has 0 aliphatic heterocycles. The average Bonchev–Trinajstić information content (AvgIpc) is 2.33. The first kappa shape index (κ1) is 6.03. The highest BCUT2D eigenvalue weighted by atomic mass is 16.5. The van der Waals surface area contributed by atoms with Gasteiger partial charge in [0.25, 0.3) is 0 Å². The van der Waals surface area contributed by atoms with Gasteiger partial charge in [0.1, 0.15) is 0 Å². The van der Waals surface area contributed by atoms with Crippen molar-refractivity contribution in [2.75, 3.05) is 0 Å². The van der Waals surface area contributed by atoms with Crippen molar-refractivity contribution in [3.63, 3.8) is 0 Å². The second-order valence-electron chi connectivity index (χ2n) is 2.30. The van der Waals surface area contributed by atoms with Crippen molar-refractivity contribution in [3.05, 3.63) is 34.9 Å². The molecule has 2 rings (SSSR count). The summed E-state index contributed by atoms with van der Waals surface area (Å²) >= 11 is 0. The number of H-pyrrole nitrogens is 1. The maximum Gasteiger partial charge on any atom is 0.250 e. The normalized spacial score (nSPS) is 10.5. The van der Waals surface area contributed by atoms with Crippen LogP contribution < -0.4 is 5.56 Å². The van der Waals surface area contributed by atoms with Crippen LogP contribution in [0.25, 0.3) is 10.9 Å². The molecular weight excluding hydrogens is 144 g/mol. The Morgan fingerprint density at radius 3 is 3.18 bits per heavy atom. The molecule has 0 radical (unpaired) electrons. The van der Waals surface area contributed by atoms with E-state index >= 15 is 0 Å². The van der Waals surface area contributed by atoms with Gasteiger partial charge in [-0.05, 0) is 6.07 Å². The number of nitrogens with one attached hydrogen (secondary N) is 1. The summed E-state index contributed by atoms with van der Waals surface area (Å²) in [6.07, 6.45) is 3.04. The van der Waals surface area contributed by atoms with E-state index in [4.69, 9.17) is 5.21 Å². The van der Waals surface area contributed by atoms with E-state index < -0.39 is 0 Å². The van der Waals surface area contributed by atoms with Crippen molar-refractivity contribution in [2.45, 2.75) is 0 Å². The minimum Gasteiger partial charge on any atom is -0.428 e. The van der Waals surface area contributed by atoms with Crippen LogP contribution in [0.4, 0.5) is 0 Å². The summed E-state index contributed by atoms with van der Waals surface area (Å²) in [4.78, 5) is 13.3. The number of hydrogen-bond acceptors (Lipinski definition) is 2. The van der Waals surface area contributed by atoms with Gasteiger partial charge in [-0.15, -0.1) is 0 Å². The number of rotatable bonds is 0. The number of pyridine rings is 1. The van der Waals surface area contributed by atoms with Crippen molar-refractivity contribution < 1.29 is 5.21 Å². The van der Waals surface area contributed by atoms with Gasteiger partial charge in [-0.2, -0.15) is 4.73 Å². The van der Waals surface area contributed by atoms with E-state index in [-0.39, 0.29) is 5.56 Å². The first-order valence-corrected chi connectivity index (χ1v) is 3.16. The van der Waals surface area contributed by atoms with Crippen LogP contribution in [0.2, 0.25) is 0 Å². The minimum atomic E-state index is -0.216. The fourth-order valence-electron chi connectivity index (χ4n) is 1.04. The van der Waals surface area contributed by atoms with Crippen LogP contribution in [0, 0.1) is 0 Å². The Balaban J connectivity index is 2.98. The summed E-state index contributed by atoms with van der Waals surface area (Å²) in [5, 5.41) is 9.91. The van der Waals surface area contributed by atoms with Gasteiger partial charge >= 0.3 is 0 Å². The van der Waals surface area contributed by atoms with E-state index in [1.807, 2.05) is 0 Å². The molecule has 56 valence electrons. The Labute approximate surface area is 61.7 Å². The molecule has 0 atom stereocenters. The Morgan fingerprint density at radius 1 is 1.55 bits per heavy atom. The molecule has 2 aromatic heterocycles. The smallest absolute Gasteiger partial charge is 0.250 e. The van der Waals surface area contributed by atoms with Crippen LogP contribution >= 0.6 is 0 Å². The van der Waals surface area contributed by atoms with Crippen molar-refractivity contribution in [2.24, 2.45) is 0 Å². The van der Waals surface area contributed by atoms with Gasteiger partial charge in [0.2, 0.25) is 5.56 Å². The zero-order chi connectivity index (χ0) is 7.84. The molecule has 0 aromatic carbocycles. The van der Waals surface area contributed by atoms with Gasteiger partial charge in [0, 0.05) is 23.8 Å². The molecule has 4 heteroatoms. The molecule has 2 N–H and O–H groups in total. The van der Waals surface area contributed by atoms with Gasteiger partial charge in [-0.1, -0.05) is 0 Å². The number of nitrogens with zero attached hydrogens (tertiary/aromatic N) is 1. The number of aromatic amines is 1. The molecule has 0 amide bonds. The van der Waals surface area contributed by atoms with Crippen LogP contribution in [0.1, 0.15) is 0 Å². The van der Waals surface area contributed by atoms with Gasteiger partial charge in [-0.25, -0.2) is 0 Å². The lowest BCUT2D eigenvalue weighted by Crippen LogP contribution is -2.02. The Bertz CT molecular complexity index is 441. The monoisotopic (exact) mass is 150 g/mol. The predicted molar refractivity (Wildman–Crippen MR) is 39.7 cm³/mol. The Kier molecular flexibility index (Phi) is 1.03. The molecule has 0 unspecified atom stereocenters. The molecule has 0 fully saturated rings. The minimum absolute atomic E-state index is 0.216. The van der Waals surface area contributed by atoms with Crippen molar-refractivity contribution in [1.29, 1.82) is 0 Å². The highest BCUT2D eigenvalue weighted by Gasteiger charge is 1.97. The molecule has 11 heavy (non-hydrogen) atoms. The highest BCUT2D eigenvalue weighted by Crippen LogP contribution is 2.08. The summed E-state index contributed by atoms with van der Waals surface area (Å²) in [5.41, 5.74) is 0.306. The Morgan fingerprint density at radius 2 is 2.36 bits per heavy atom. The molecule has 0 aliphatic rings. The zero-order valence-corrected chi connectivity index (χ0v) is 5.61. The quantitative estimate of drug-likeness (QED) is 0.539. The topological polar surface area (TPSA) is 58.0 Å². The standard InChI is InChI=1S/C7H6N2O2/c10-7-3-6-5(4-8-7)1-2-9(6)11/h1-4,11H,(H,8,10). The van der Waals surface area contributed by atoms with Gasteiger partial charge in [0.05, 0.1) is 5.52 Å². The molecule has 0 saturated heterocycles. The molecule has 0 spiro atoms. The molecule has 2 aromatic rings.